The molecule has 1 aliphatic heterocycles. The van der Waals surface area contributed by atoms with Crippen LogP contribution in [0, 0.1) is 0 Å². The second-order valence-electron chi connectivity index (χ2n) is 9.47. The zero-order valence-electron chi connectivity index (χ0n) is 21.9. The first-order valence-electron chi connectivity index (χ1n) is 12.7. The number of aromatic amines is 1. The first kappa shape index (κ1) is 29.3. The van der Waals surface area contributed by atoms with Gasteiger partial charge < -0.3 is 4.90 Å². The van der Waals surface area contributed by atoms with E-state index in [0.29, 0.717) is 46.0 Å². The number of thioether (sulfide) groups is 1. The first-order valence-corrected chi connectivity index (χ1v) is 14.7. The normalized spacial score (nSPS) is 14.7. The second-order valence-corrected chi connectivity index (χ2v) is 11.8. The molecule has 1 unspecified atom stereocenters. The minimum absolute atomic E-state index is 0.0917. The minimum Gasteiger partial charge on any atom is -0.340 e. The van der Waals surface area contributed by atoms with Gasteiger partial charge in [0.15, 0.2) is 0 Å². The fraction of sp³-hybridized carbons (Fsp3) is 0.250. The van der Waals surface area contributed by atoms with Gasteiger partial charge in [0, 0.05) is 66.5 Å². The second kappa shape index (κ2) is 12.8. The lowest BCUT2D eigenvalue weighted by Crippen LogP contribution is -2.47. The van der Waals surface area contributed by atoms with Gasteiger partial charge in [-0.3, -0.25) is 19.5 Å². The molecule has 1 fully saturated rings. The van der Waals surface area contributed by atoms with Gasteiger partial charge in [-0.15, -0.1) is 0 Å². The molecule has 0 spiro atoms. The maximum Gasteiger partial charge on any atom is 0.349 e. The third-order valence-corrected chi connectivity index (χ3v) is 8.96. The van der Waals surface area contributed by atoms with E-state index in [4.69, 9.17) is 39.8 Å². The number of hydrogen-bond donors (Lipinski definition) is 1. The summed E-state index contributed by atoms with van der Waals surface area (Å²) in [5.74, 6) is 0.0917. The van der Waals surface area contributed by atoms with Crippen LogP contribution in [0.2, 0.25) is 15.1 Å². The molecule has 9 nitrogen and oxygen atoms in total. The fourth-order valence-corrected chi connectivity index (χ4v) is 6.88. The van der Waals surface area contributed by atoms with E-state index < -0.39 is 11.2 Å². The van der Waals surface area contributed by atoms with Gasteiger partial charge in [-0.1, -0.05) is 64.8 Å². The topological polar surface area (TPSA) is 104 Å². The monoisotopic (exact) mass is 630 g/mol. The van der Waals surface area contributed by atoms with Gasteiger partial charge in [-0.2, -0.15) is 9.78 Å². The summed E-state index contributed by atoms with van der Waals surface area (Å²) in [4.78, 5) is 46.6. The van der Waals surface area contributed by atoms with E-state index in [1.165, 1.54) is 11.8 Å². The van der Waals surface area contributed by atoms with E-state index >= 15 is 0 Å². The highest BCUT2D eigenvalue weighted by Gasteiger charge is 2.26. The number of carbonyl (C=O) groups excluding carboxylic acids is 1. The van der Waals surface area contributed by atoms with Crippen molar-refractivity contribution in [3.63, 3.8) is 0 Å². The molecule has 212 valence electrons. The summed E-state index contributed by atoms with van der Waals surface area (Å²) >= 11 is 21.4. The Kier molecular flexibility index (Phi) is 9.16. The van der Waals surface area contributed by atoms with E-state index in [-0.39, 0.29) is 11.2 Å². The molecule has 41 heavy (non-hydrogen) atoms. The number of H-pyrrole nitrogens is 1. The van der Waals surface area contributed by atoms with Gasteiger partial charge in [-0.05, 0) is 41.5 Å². The van der Waals surface area contributed by atoms with E-state index in [1.807, 2.05) is 29.2 Å². The Morgan fingerprint density at radius 3 is 2.34 bits per heavy atom. The Hall–Kier alpha value is -3.15. The molecule has 4 aromatic rings. The van der Waals surface area contributed by atoms with Gasteiger partial charge >= 0.3 is 5.69 Å². The molecular weight excluding hydrogens is 607 g/mol. The van der Waals surface area contributed by atoms with Crippen LogP contribution in [0.1, 0.15) is 28.9 Å². The number of nitrogens with one attached hydrogen (secondary N) is 1. The maximum absolute atomic E-state index is 12.3. The number of halogens is 3. The number of aromatic nitrogens is 4. The van der Waals surface area contributed by atoms with Crippen LogP contribution in [-0.2, 0) is 11.3 Å². The molecule has 1 aliphatic rings. The lowest BCUT2D eigenvalue weighted by Gasteiger charge is -2.34. The molecule has 3 heterocycles. The smallest absolute Gasteiger partial charge is 0.340 e. The number of benzene rings is 2. The molecule has 5 rings (SSSR count). The Bertz CT molecular complexity index is 1660. The number of amides is 1. The van der Waals surface area contributed by atoms with Crippen molar-refractivity contribution in [2.24, 2.45) is 0 Å². The molecule has 1 saturated heterocycles. The standard InChI is InChI=1S/C28H25Cl3N6O3S/c1-17(38)36-11-9-35(10-12-36)16-19-3-2-8-32-27(19)41-26(18-4-6-20(29)7-5-18)25-22(30)13-21(14-23(25)31)37-28(40)34-24(39)15-33-37/h2-8,13-15,26H,9-12,16H2,1H3,(H,34,39,40). The van der Waals surface area contributed by atoms with Gasteiger partial charge in [0.25, 0.3) is 5.56 Å². The summed E-state index contributed by atoms with van der Waals surface area (Å²) < 4.78 is 1.02. The van der Waals surface area contributed by atoms with Gasteiger partial charge in [-0.25, -0.2) is 9.78 Å². The maximum atomic E-state index is 12.3. The van der Waals surface area contributed by atoms with Crippen LogP contribution in [0.4, 0.5) is 0 Å². The van der Waals surface area contributed by atoms with Gasteiger partial charge in [0.05, 0.1) is 10.9 Å². The van der Waals surface area contributed by atoms with Crippen LogP contribution >= 0.6 is 46.6 Å². The quantitative estimate of drug-likeness (QED) is 0.292. The molecule has 1 amide bonds. The van der Waals surface area contributed by atoms with Crippen LogP contribution in [0.25, 0.3) is 5.69 Å². The van der Waals surface area contributed by atoms with Crippen molar-refractivity contribution in [3.05, 3.63) is 114 Å². The van der Waals surface area contributed by atoms with Gasteiger partial charge in [0.2, 0.25) is 5.91 Å². The molecule has 1 N–H and O–H groups in total. The molecule has 13 heteroatoms. The van der Waals surface area contributed by atoms with Crippen molar-refractivity contribution in [1.82, 2.24) is 29.5 Å². The van der Waals surface area contributed by atoms with Crippen molar-refractivity contribution in [1.29, 1.82) is 0 Å². The summed E-state index contributed by atoms with van der Waals surface area (Å²) in [5.41, 5.74) is 1.58. The highest BCUT2D eigenvalue weighted by atomic mass is 35.5. The van der Waals surface area contributed by atoms with Crippen molar-refractivity contribution in [2.75, 3.05) is 26.2 Å². The molecular formula is C28H25Cl3N6O3S. The number of piperazine rings is 1. The van der Waals surface area contributed by atoms with E-state index in [0.717, 1.165) is 40.1 Å². The summed E-state index contributed by atoms with van der Waals surface area (Å²) in [7, 11) is 0. The fourth-order valence-electron chi connectivity index (χ4n) is 4.64. The largest absolute Gasteiger partial charge is 0.349 e. The predicted molar refractivity (Wildman–Crippen MR) is 161 cm³/mol. The lowest BCUT2D eigenvalue weighted by molar-refractivity contribution is -0.130. The minimum atomic E-state index is -0.705. The third-order valence-electron chi connectivity index (χ3n) is 6.75. The molecule has 0 bridgehead atoms. The number of hydrogen-bond acceptors (Lipinski definition) is 7. The van der Waals surface area contributed by atoms with Crippen LogP contribution in [0.5, 0.6) is 0 Å². The average Bonchev–Trinajstić information content (AvgIpc) is 2.94. The van der Waals surface area contributed by atoms with E-state index in [9.17, 15) is 14.4 Å². The summed E-state index contributed by atoms with van der Waals surface area (Å²) in [6.07, 6.45) is 2.76. The van der Waals surface area contributed by atoms with Gasteiger partial charge in [0.1, 0.15) is 11.2 Å². The predicted octanol–water partition coefficient (Wildman–Crippen LogP) is 4.82. The molecule has 0 aliphatic carbocycles. The summed E-state index contributed by atoms with van der Waals surface area (Å²) in [6, 6.07) is 14.6. The lowest BCUT2D eigenvalue weighted by atomic mass is 10.0. The zero-order valence-corrected chi connectivity index (χ0v) is 25.0. The van der Waals surface area contributed by atoms with Crippen LogP contribution in [0.3, 0.4) is 0 Å². The average molecular weight is 632 g/mol. The molecule has 1 atom stereocenters. The third kappa shape index (κ3) is 6.85. The SMILES string of the molecule is CC(=O)N1CCN(Cc2cccnc2SC(c2ccc(Cl)cc2)c2c(Cl)cc(-n3ncc(=O)[nH]c3=O)cc2Cl)CC1. The highest BCUT2D eigenvalue weighted by molar-refractivity contribution is 7.99. The van der Waals surface area contributed by atoms with Crippen LogP contribution in [0.15, 0.2) is 75.5 Å². The van der Waals surface area contributed by atoms with Crippen molar-refractivity contribution in [2.45, 2.75) is 23.7 Å². The van der Waals surface area contributed by atoms with Crippen LogP contribution in [-0.4, -0.2) is 61.6 Å². The Morgan fingerprint density at radius 1 is 1.02 bits per heavy atom. The molecule has 2 aromatic carbocycles. The number of carbonyl (C=O) groups is 1. The zero-order chi connectivity index (χ0) is 29.1. The summed E-state index contributed by atoms with van der Waals surface area (Å²) in [6.45, 7) is 5.20. The number of nitrogens with zero attached hydrogens (tertiary/aromatic N) is 5. The Balaban J connectivity index is 1.50. The highest BCUT2D eigenvalue weighted by Crippen LogP contribution is 2.47. The molecule has 0 radical (unpaired) electrons. The Morgan fingerprint density at radius 2 is 1.71 bits per heavy atom. The van der Waals surface area contributed by atoms with Crippen molar-refractivity contribution >= 4 is 52.5 Å². The number of rotatable bonds is 7. The summed E-state index contributed by atoms with van der Waals surface area (Å²) in [5, 5.41) is 5.58. The first-order chi connectivity index (χ1) is 19.7. The van der Waals surface area contributed by atoms with Crippen LogP contribution < -0.4 is 11.2 Å². The van der Waals surface area contributed by atoms with E-state index in [2.05, 4.69) is 15.0 Å². The van der Waals surface area contributed by atoms with Crippen molar-refractivity contribution < 1.29 is 4.79 Å². The molecule has 0 saturated carbocycles. The van der Waals surface area contributed by atoms with E-state index in [1.54, 1.807) is 37.4 Å². The Labute approximate surface area is 255 Å². The van der Waals surface area contributed by atoms with Crippen molar-refractivity contribution in [3.8, 4) is 5.69 Å². The number of pyridine rings is 1. The molecule has 2 aromatic heterocycles.